The molecule has 40 heavy (non-hydrogen) atoms. The summed E-state index contributed by atoms with van der Waals surface area (Å²) in [5.74, 6) is -0.0419. The van der Waals surface area contributed by atoms with Gasteiger partial charge in [-0.25, -0.2) is 4.57 Å². The number of carbonyl (C=O) groups excluding carboxylic acids is 1. The molecule has 0 aromatic carbocycles. The number of unbranched alkanes of at least 4 members (excludes halogenated alkanes) is 20. The highest BCUT2D eigenvalue weighted by Gasteiger charge is 2.19. The maximum atomic E-state index is 12.3. The molecule has 1 aromatic rings. The molecule has 0 aliphatic rings. The third-order valence-corrected chi connectivity index (χ3v) is 8.21. The van der Waals surface area contributed by atoms with Crippen LogP contribution in [-0.2, 0) is 11.3 Å². The first kappa shape index (κ1) is 36.6. The van der Waals surface area contributed by atoms with Crippen molar-refractivity contribution in [2.24, 2.45) is 0 Å². The quantitative estimate of drug-likeness (QED) is 0.0682. The van der Waals surface area contributed by atoms with Gasteiger partial charge in [-0.05, 0) is 19.3 Å². The molecule has 0 aliphatic heterocycles. The third kappa shape index (κ3) is 22.3. The fourth-order valence-corrected chi connectivity index (χ4v) is 5.52. The fraction of sp³-hybridized carbons (Fsp3) is 0.829. The van der Waals surface area contributed by atoms with E-state index >= 15 is 0 Å². The van der Waals surface area contributed by atoms with Gasteiger partial charge in [0.05, 0.1) is 18.8 Å². The molecule has 1 amide bonds. The Balaban J connectivity index is 1.90. The van der Waals surface area contributed by atoms with Gasteiger partial charge in [0, 0.05) is 25.0 Å². The summed E-state index contributed by atoms with van der Waals surface area (Å²) in [6, 6.07) is 5.69. The van der Waals surface area contributed by atoms with E-state index in [1.54, 1.807) is 0 Å². The van der Waals surface area contributed by atoms with Gasteiger partial charge in [-0.15, -0.1) is 0 Å². The van der Waals surface area contributed by atoms with Crippen molar-refractivity contribution in [3.63, 3.8) is 0 Å². The molecule has 1 aromatic heterocycles. The van der Waals surface area contributed by atoms with Crippen molar-refractivity contribution in [2.45, 2.75) is 180 Å². The van der Waals surface area contributed by atoms with Crippen LogP contribution in [0.15, 0.2) is 30.6 Å². The molecule has 0 aliphatic carbocycles. The van der Waals surface area contributed by atoms with Crippen LogP contribution >= 0.6 is 0 Å². The number of carbonyl (C=O) groups is 1. The van der Waals surface area contributed by atoms with Crippen LogP contribution in [-0.4, -0.2) is 34.9 Å². The predicted octanol–water partition coefficient (Wildman–Crippen LogP) is 8.19. The van der Waals surface area contributed by atoms with Gasteiger partial charge in [-0.2, -0.15) is 0 Å². The van der Waals surface area contributed by atoms with E-state index in [9.17, 15) is 15.0 Å². The topological polar surface area (TPSA) is 73.4 Å². The van der Waals surface area contributed by atoms with Crippen LogP contribution in [0.1, 0.15) is 161 Å². The Morgan fingerprint density at radius 1 is 0.650 bits per heavy atom. The monoisotopic (exact) mass is 561 g/mol. The highest BCUT2D eigenvalue weighted by Crippen LogP contribution is 2.15. The summed E-state index contributed by atoms with van der Waals surface area (Å²) < 4.78 is 2.25. The number of aliphatic hydroxyl groups is 2. The summed E-state index contributed by atoms with van der Waals surface area (Å²) in [6.45, 7) is 3.18. The van der Waals surface area contributed by atoms with Crippen LogP contribution in [0.25, 0.3) is 0 Å². The molecule has 0 bridgehead atoms. The zero-order valence-electron chi connectivity index (χ0n) is 26.2. The first-order valence-electron chi connectivity index (χ1n) is 17.2. The average molecular weight is 562 g/mol. The molecule has 1 heterocycles. The van der Waals surface area contributed by atoms with Gasteiger partial charge in [0.1, 0.15) is 6.54 Å². The molecule has 0 unspecified atom stereocenters. The van der Waals surface area contributed by atoms with E-state index in [1.165, 1.54) is 116 Å². The highest BCUT2D eigenvalue weighted by atomic mass is 16.3. The van der Waals surface area contributed by atoms with Crippen LogP contribution in [0, 0.1) is 0 Å². The molecule has 1 rings (SSSR count). The molecule has 2 atom stereocenters. The molecule has 0 radical (unpaired) electrons. The van der Waals surface area contributed by atoms with E-state index in [2.05, 4.69) is 47.4 Å². The number of nitrogens with one attached hydrogen (secondary N) is 1. The Kier molecular flexibility index (Phi) is 25.3. The minimum Gasteiger partial charge on any atom is -0.394 e. The second-order valence-electron chi connectivity index (χ2n) is 12.0. The Labute approximate surface area is 247 Å². The molecule has 0 saturated carbocycles. The molecule has 0 fully saturated rings. The summed E-state index contributed by atoms with van der Waals surface area (Å²) in [5.41, 5.74) is 0. The molecule has 5 nitrogen and oxygen atoms in total. The summed E-state index contributed by atoms with van der Waals surface area (Å²) in [4.78, 5) is 12.3. The van der Waals surface area contributed by atoms with Crippen molar-refractivity contribution in [1.29, 1.82) is 0 Å². The Morgan fingerprint density at radius 3 is 1.60 bits per heavy atom. The Morgan fingerprint density at radius 2 is 1.10 bits per heavy atom. The number of aromatic nitrogens is 1. The number of amides is 1. The van der Waals surface area contributed by atoms with E-state index in [0.29, 0.717) is 12.8 Å². The molecule has 3 N–H and O–H groups in total. The predicted molar refractivity (Wildman–Crippen MR) is 168 cm³/mol. The first-order chi connectivity index (χ1) is 19.7. The Bertz CT molecular complexity index is 670. The van der Waals surface area contributed by atoms with Crippen LogP contribution in [0.3, 0.4) is 0 Å². The average Bonchev–Trinajstić information content (AvgIpc) is 2.97. The summed E-state index contributed by atoms with van der Waals surface area (Å²) >= 11 is 0. The molecular formula is C35H65N2O3+. The van der Waals surface area contributed by atoms with Crippen molar-refractivity contribution in [3.05, 3.63) is 30.6 Å². The maximum Gasteiger partial charge on any atom is 0.220 e. The van der Waals surface area contributed by atoms with Crippen LogP contribution in [0.2, 0.25) is 0 Å². The number of hydrogen-bond acceptors (Lipinski definition) is 3. The molecule has 232 valence electrons. The normalized spacial score (nSPS) is 12.9. The number of rotatable bonds is 29. The second-order valence-corrected chi connectivity index (χ2v) is 12.0. The zero-order chi connectivity index (χ0) is 28.9. The van der Waals surface area contributed by atoms with E-state index in [4.69, 9.17) is 0 Å². The lowest BCUT2D eigenvalue weighted by molar-refractivity contribution is -0.697. The standard InChI is InChI=1S/C35H64N2O3/c1-2-3-4-5-6-7-8-9-10-12-15-18-22-27-34(39)33(32-38)36-35(40)28-23-19-16-13-11-14-17-20-24-29-37-30-25-21-26-31-37/h21,25-26,30-31,33-34,38-39H,2-20,22-24,27-29,32H2,1H3/p+1/t33-,34+/m1/s1. The highest BCUT2D eigenvalue weighted by molar-refractivity contribution is 5.76. The zero-order valence-corrected chi connectivity index (χ0v) is 26.2. The van der Waals surface area contributed by atoms with E-state index < -0.39 is 12.1 Å². The Hall–Kier alpha value is -1.46. The van der Waals surface area contributed by atoms with Gasteiger partial charge in [-0.1, -0.05) is 135 Å². The van der Waals surface area contributed by atoms with Crippen molar-refractivity contribution >= 4 is 5.91 Å². The summed E-state index contributed by atoms with van der Waals surface area (Å²) in [7, 11) is 0. The number of hydrogen-bond donors (Lipinski definition) is 3. The number of aryl methyl sites for hydroxylation is 1. The number of nitrogens with zero attached hydrogens (tertiary/aromatic N) is 1. The van der Waals surface area contributed by atoms with Crippen LogP contribution < -0.4 is 9.88 Å². The van der Waals surface area contributed by atoms with E-state index in [0.717, 1.165) is 32.2 Å². The van der Waals surface area contributed by atoms with Crippen LogP contribution in [0.5, 0.6) is 0 Å². The molecule has 0 spiro atoms. The lowest BCUT2D eigenvalue weighted by atomic mass is 10.0. The lowest BCUT2D eigenvalue weighted by Gasteiger charge is -2.22. The molecule has 5 heteroatoms. The first-order valence-corrected chi connectivity index (χ1v) is 17.2. The number of pyridine rings is 1. The second kappa shape index (κ2) is 27.7. The van der Waals surface area contributed by atoms with Crippen molar-refractivity contribution in [3.8, 4) is 0 Å². The minimum atomic E-state index is -0.659. The van der Waals surface area contributed by atoms with Crippen LogP contribution in [0.4, 0.5) is 0 Å². The van der Waals surface area contributed by atoms with E-state index in [-0.39, 0.29) is 12.5 Å². The summed E-state index contributed by atoms with van der Waals surface area (Å²) in [5, 5.41) is 23.0. The summed E-state index contributed by atoms with van der Waals surface area (Å²) in [6.07, 6.45) is 32.4. The largest absolute Gasteiger partial charge is 0.394 e. The van der Waals surface area contributed by atoms with Crippen molar-refractivity contribution in [1.82, 2.24) is 5.32 Å². The minimum absolute atomic E-state index is 0.0419. The SMILES string of the molecule is CCCCCCCCCCCCCCC[C@H](O)[C@@H](CO)NC(=O)CCCCCCCCCCC[n+]1ccccc1. The fourth-order valence-electron chi connectivity index (χ4n) is 5.52. The molecule has 0 saturated heterocycles. The van der Waals surface area contributed by atoms with Gasteiger partial charge < -0.3 is 15.5 Å². The van der Waals surface area contributed by atoms with Crippen molar-refractivity contribution < 1.29 is 19.6 Å². The number of aliphatic hydroxyl groups excluding tert-OH is 2. The smallest absolute Gasteiger partial charge is 0.220 e. The van der Waals surface area contributed by atoms with Gasteiger partial charge >= 0.3 is 0 Å². The van der Waals surface area contributed by atoms with E-state index in [1.807, 2.05) is 0 Å². The molecular weight excluding hydrogens is 496 g/mol. The van der Waals surface area contributed by atoms with Crippen molar-refractivity contribution in [2.75, 3.05) is 6.61 Å². The van der Waals surface area contributed by atoms with Gasteiger partial charge in [0.25, 0.3) is 0 Å². The van der Waals surface area contributed by atoms with Gasteiger partial charge in [-0.3, -0.25) is 4.79 Å². The van der Waals surface area contributed by atoms with Gasteiger partial charge in [0.2, 0.25) is 5.91 Å². The lowest BCUT2D eigenvalue weighted by Crippen LogP contribution is -2.45. The third-order valence-electron chi connectivity index (χ3n) is 8.21. The van der Waals surface area contributed by atoms with Gasteiger partial charge in [0.15, 0.2) is 12.4 Å². The maximum absolute atomic E-state index is 12.3.